The highest BCUT2D eigenvalue weighted by molar-refractivity contribution is 5.83. The first-order valence-electron chi connectivity index (χ1n) is 11.0. The molecular weight excluding hydrogens is 436 g/mol. The second kappa shape index (κ2) is 9.31. The Labute approximate surface area is 190 Å². The van der Waals surface area contributed by atoms with Crippen LogP contribution in [0.1, 0.15) is 43.4 Å². The van der Waals surface area contributed by atoms with Crippen LogP contribution in [-0.2, 0) is 27.9 Å². The molecule has 2 atom stereocenters. The SMILES string of the molecule is CCOC1(c2cc(OCc3ccc4ccc(F)cc4c3)cc(C(F)(F)F)c2)CCOC(C)C1. The van der Waals surface area contributed by atoms with E-state index in [2.05, 4.69) is 0 Å². The van der Waals surface area contributed by atoms with Crippen LogP contribution >= 0.6 is 0 Å². The Morgan fingerprint density at radius 3 is 2.55 bits per heavy atom. The van der Waals surface area contributed by atoms with E-state index in [0.29, 0.717) is 37.0 Å². The first-order chi connectivity index (χ1) is 15.7. The minimum absolute atomic E-state index is 0.0500. The number of fused-ring (bicyclic) bond motifs is 1. The fourth-order valence-electron chi connectivity index (χ4n) is 4.44. The molecule has 1 aliphatic rings. The molecule has 3 aromatic carbocycles. The predicted octanol–water partition coefficient (Wildman–Crippen LogP) is 7.01. The van der Waals surface area contributed by atoms with E-state index >= 15 is 0 Å². The molecule has 3 nitrogen and oxygen atoms in total. The summed E-state index contributed by atoms with van der Waals surface area (Å²) in [6.07, 6.45) is -3.75. The van der Waals surface area contributed by atoms with Crippen LogP contribution in [0.4, 0.5) is 17.6 Å². The zero-order valence-electron chi connectivity index (χ0n) is 18.5. The lowest BCUT2D eigenvalue weighted by atomic mass is 9.82. The number of rotatable bonds is 6. The summed E-state index contributed by atoms with van der Waals surface area (Å²) in [5, 5.41) is 1.57. The number of alkyl halides is 3. The smallest absolute Gasteiger partial charge is 0.416 e. The van der Waals surface area contributed by atoms with Crippen molar-refractivity contribution in [2.45, 2.75) is 51.2 Å². The second-order valence-electron chi connectivity index (χ2n) is 8.42. The molecule has 0 aromatic heterocycles. The maximum atomic E-state index is 13.7. The molecule has 0 amide bonds. The third-order valence-electron chi connectivity index (χ3n) is 5.98. The molecule has 0 bridgehead atoms. The van der Waals surface area contributed by atoms with E-state index in [1.165, 1.54) is 12.1 Å². The Bertz CT molecular complexity index is 1120. The molecular formula is C26H26F4O3. The number of hydrogen-bond acceptors (Lipinski definition) is 3. The summed E-state index contributed by atoms with van der Waals surface area (Å²) < 4.78 is 72.2. The van der Waals surface area contributed by atoms with Gasteiger partial charge in [0.2, 0.25) is 0 Å². The van der Waals surface area contributed by atoms with Gasteiger partial charge in [0.05, 0.1) is 23.9 Å². The molecule has 1 heterocycles. The zero-order valence-corrected chi connectivity index (χ0v) is 18.5. The molecule has 1 fully saturated rings. The summed E-state index contributed by atoms with van der Waals surface area (Å²) in [6, 6.07) is 13.7. The van der Waals surface area contributed by atoms with Crippen LogP contribution in [0.3, 0.4) is 0 Å². The van der Waals surface area contributed by atoms with E-state index in [-0.39, 0.29) is 24.3 Å². The van der Waals surface area contributed by atoms with Gasteiger partial charge in [0.15, 0.2) is 0 Å². The van der Waals surface area contributed by atoms with Gasteiger partial charge in [-0.1, -0.05) is 18.2 Å². The molecule has 0 radical (unpaired) electrons. The Morgan fingerprint density at radius 1 is 1.03 bits per heavy atom. The van der Waals surface area contributed by atoms with Crippen LogP contribution in [0.5, 0.6) is 5.75 Å². The monoisotopic (exact) mass is 462 g/mol. The van der Waals surface area contributed by atoms with Gasteiger partial charge in [0.25, 0.3) is 0 Å². The fraction of sp³-hybridized carbons (Fsp3) is 0.385. The van der Waals surface area contributed by atoms with Gasteiger partial charge in [-0.05, 0) is 72.1 Å². The van der Waals surface area contributed by atoms with Crippen molar-refractivity contribution in [1.82, 2.24) is 0 Å². The number of benzene rings is 3. The van der Waals surface area contributed by atoms with E-state index in [9.17, 15) is 17.6 Å². The largest absolute Gasteiger partial charge is 0.489 e. The molecule has 3 aromatic rings. The van der Waals surface area contributed by atoms with E-state index in [4.69, 9.17) is 14.2 Å². The minimum Gasteiger partial charge on any atom is -0.489 e. The summed E-state index contributed by atoms with van der Waals surface area (Å²) in [6.45, 7) is 4.54. The lowest BCUT2D eigenvalue weighted by molar-refractivity contribution is -0.141. The van der Waals surface area contributed by atoms with Crippen molar-refractivity contribution >= 4 is 10.8 Å². The van der Waals surface area contributed by atoms with Crippen LogP contribution in [0, 0.1) is 5.82 Å². The molecule has 0 spiro atoms. The lowest BCUT2D eigenvalue weighted by Crippen LogP contribution is -2.40. The molecule has 176 valence electrons. The fourth-order valence-corrected chi connectivity index (χ4v) is 4.44. The molecule has 1 saturated heterocycles. The zero-order chi connectivity index (χ0) is 23.6. The summed E-state index contributed by atoms with van der Waals surface area (Å²) in [5.74, 6) is -0.243. The number of hydrogen-bond donors (Lipinski definition) is 0. The average molecular weight is 462 g/mol. The van der Waals surface area contributed by atoms with Gasteiger partial charge in [-0.2, -0.15) is 13.2 Å². The van der Waals surface area contributed by atoms with Gasteiger partial charge in [-0.3, -0.25) is 0 Å². The van der Waals surface area contributed by atoms with Crippen molar-refractivity contribution in [3.63, 3.8) is 0 Å². The Balaban J connectivity index is 1.66. The Morgan fingerprint density at radius 2 is 1.82 bits per heavy atom. The van der Waals surface area contributed by atoms with Crippen LogP contribution in [0.25, 0.3) is 10.8 Å². The van der Waals surface area contributed by atoms with Gasteiger partial charge in [-0.15, -0.1) is 0 Å². The van der Waals surface area contributed by atoms with Crippen molar-refractivity contribution in [3.8, 4) is 5.75 Å². The van der Waals surface area contributed by atoms with Gasteiger partial charge in [-0.25, -0.2) is 4.39 Å². The Hall–Kier alpha value is -2.64. The third kappa shape index (κ3) is 5.31. The number of halogens is 4. The van der Waals surface area contributed by atoms with E-state index < -0.39 is 17.3 Å². The molecule has 1 aliphatic heterocycles. The summed E-state index contributed by atoms with van der Waals surface area (Å²) in [4.78, 5) is 0. The van der Waals surface area contributed by atoms with Crippen LogP contribution < -0.4 is 4.74 Å². The Kier molecular flexibility index (Phi) is 6.64. The van der Waals surface area contributed by atoms with E-state index in [0.717, 1.165) is 23.1 Å². The molecule has 0 aliphatic carbocycles. The highest BCUT2D eigenvalue weighted by atomic mass is 19.4. The maximum absolute atomic E-state index is 13.7. The molecule has 7 heteroatoms. The highest BCUT2D eigenvalue weighted by Crippen LogP contribution is 2.42. The number of ether oxygens (including phenoxy) is 3. The van der Waals surface area contributed by atoms with Crippen LogP contribution in [-0.4, -0.2) is 19.3 Å². The normalized spacial score (nSPS) is 21.3. The second-order valence-corrected chi connectivity index (χ2v) is 8.42. The van der Waals surface area contributed by atoms with Crippen molar-refractivity contribution in [1.29, 1.82) is 0 Å². The summed E-state index contributed by atoms with van der Waals surface area (Å²) in [5.41, 5.74) is -0.489. The van der Waals surface area contributed by atoms with Crippen LogP contribution in [0.15, 0.2) is 54.6 Å². The van der Waals surface area contributed by atoms with Gasteiger partial charge in [0, 0.05) is 19.4 Å². The molecule has 2 unspecified atom stereocenters. The molecule has 0 N–H and O–H groups in total. The minimum atomic E-state index is -4.53. The summed E-state index contributed by atoms with van der Waals surface area (Å²) in [7, 11) is 0. The third-order valence-corrected chi connectivity index (χ3v) is 5.98. The summed E-state index contributed by atoms with van der Waals surface area (Å²) >= 11 is 0. The van der Waals surface area contributed by atoms with Crippen molar-refractivity contribution in [3.05, 3.63) is 77.1 Å². The van der Waals surface area contributed by atoms with Crippen molar-refractivity contribution in [2.24, 2.45) is 0 Å². The van der Waals surface area contributed by atoms with E-state index in [1.54, 1.807) is 18.2 Å². The van der Waals surface area contributed by atoms with Gasteiger partial charge in [0.1, 0.15) is 18.2 Å². The molecule has 0 saturated carbocycles. The quantitative estimate of drug-likeness (QED) is 0.369. The molecule has 33 heavy (non-hydrogen) atoms. The average Bonchev–Trinajstić information content (AvgIpc) is 2.77. The van der Waals surface area contributed by atoms with Gasteiger partial charge < -0.3 is 14.2 Å². The highest BCUT2D eigenvalue weighted by Gasteiger charge is 2.40. The molecule has 4 rings (SSSR count). The maximum Gasteiger partial charge on any atom is 0.416 e. The topological polar surface area (TPSA) is 27.7 Å². The first-order valence-corrected chi connectivity index (χ1v) is 11.0. The lowest BCUT2D eigenvalue weighted by Gasteiger charge is -2.40. The van der Waals surface area contributed by atoms with Crippen molar-refractivity contribution in [2.75, 3.05) is 13.2 Å². The first kappa shape index (κ1) is 23.5. The standard InChI is InChI=1S/C26H26F4O3/c1-3-33-25(8-9-31-17(2)15-25)21-12-22(26(28,29)30)14-24(13-21)32-16-18-4-5-19-6-7-23(27)11-20(19)10-18/h4-7,10-14,17H,3,8-9,15-16H2,1-2H3. The van der Waals surface area contributed by atoms with Gasteiger partial charge >= 0.3 is 6.18 Å². The van der Waals surface area contributed by atoms with E-state index in [1.807, 2.05) is 26.0 Å². The predicted molar refractivity (Wildman–Crippen MR) is 118 cm³/mol. The van der Waals surface area contributed by atoms with Crippen LogP contribution in [0.2, 0.25) is 0 Å². The van der Waals surface area contributed by atoms with Crippen molar-refractivity contribution < 1.29 is 31.8 Å².